The molecule has 0 saturated carbocycles. The second-order valence-corrected chi connectivity index (χ2v) is 9.09. The molecule has 0 unspecified atom stereocenters. The van der Waals surface area contributed by atoms with Crippen molar-refractivity contribution in [3.05, 3.63) is 78.4 Å². The molecule has 8 nitrogen and oxygen atoms in total. The lowest BCUT2D eigenvalue weighted by Gasteiger charge is -2.09. The number of nitrogens with one attached hydrogen (secondary N) is 2. The van der Waals surface area contributed by atoms with Gasteiger partial charge in [-0.05, 0) is 79.7 Å². The lowest BCUT2D eigenvalue weighted by Crippen LogP contribution is -2.20. The number of carbonyl (C=O) groups excluding carboxylic acids is 2. The first-order valence-electron chi connectivity index (χ1n) is 10.1. The predicted molar refractivity (Wildman–Crippen MR) is 126 cm³/mol. The number of hydrogen-bond donors (Lipinski definition) is 2. The molecular weight excluding hydrogens is 444 g/mol. The van der Waals surface area contributed by atoms with Gasteiger partial charge in [0.15, 0.2) is 16.4 Å². The number of anilines is 2. The number of rotatable bonds is 9. The Hall–Kier alpha value is -3.85. The van der Waals surface area contributed by atoms with Crippen molar-refractivity contribution in [3.63, 3.8) is 0 Å². The number of amides is 2. The van der Waals surface area contributed by atoms with Crippen molar-refractivity contribution in [2.45, 2.75) is 11.8 Å². The van der Waals surface area contributed by atoms with Crippen LogP contribution in [-0.2, 0) is 14.6 Å². The van der Waals surface area contributed by atoms with Crippen LogP contribution in [-0.4, -0.2) is 39.7 Å². The summed E-state index contributed by atoms with van der Waals surface area (Å²) in [7, 11) is -3.29. The summed E-state index contributed by atoms with van der Waals surface area (Å²) in [5, 5.41) is 5.48. The van der Waals surface area contributed by atoms with Crippen LogP contribution in [0.15, 0.2) is 77.7 Å². The van der Waals surface area contributed by atoms with Crippen LogP contribution in [0.3, 0.4) is 0 Å². The molecule has 172 valence electrons. The Kier molecular flexibility index (Phi) is 7.68. The van der Waals surface area contributed by atoms with Crippen LogP contribution < -0.4 is 20.1 Å². The minimum absolute atomic E-state index is 0.172. The average Bonchev–Trinajstić information content (AvgIpc) is 2.79. The van der Waals surface area contributed by atoms with E-state index >= 15 is 0 Å². The van der Waals surface area contributed by atoms with E-state index in [0.717, 1.165) is 12.0 Å². The number of sulfone groups is 1. The van der Waals surface area contributed by atoms with E-state index < -0.39 is 15.7 Å². The van der Waals surface area contributed by atoms with Gasteiger partial charge in [0.2, 0.25) is 0 Å². The molecule has 3 aromatic carbocycles. The fraction of sp³-hybridized carbons (Fsp3) is 0.167. The van der Waals surface area contributed by atoms with Crippen molar-refractivity contribution >= 4 is 33.0 Å². The van der Waals surface area contributed by atoms with Gasteiger partial charge in [-0.3, -0.25) is 9.59 Å². The van der Waals surface area contributed by atoms with Crippen LogP contribution in [0, 0.1) is 0 Å². The van der Waals surface area contributed by atoms with E-state index in [1.165, 1.54) is 24.3 Å². The Morgan fingerprint density at radius 2 is 1.27 bits per heavy atom. The van der Waals surface area contributed by atoms with Gasteiger partial charge in [0, 0.05) is 23.2 Å². The molecule has 0 aliphatic carbocycles. The second-order valence-electron chi connectivity index (χ2n) is 7.07. The van der Waals surface area contributed by atoms with E-state index in [1.807, 2.05) is 6.92 Å². The molecule has 0 aromatic heterocycles. The summed E-state index contributed by atoms with van der Waals surface area (Å²) in [6.07, 6.45) is 1.12. The van der Waals surface area contributed by atoms with Crippen LogP contribution in [0.5, 0.6) is 11.5 Å². The molecule has 0 fully saturated rings. The second kappa shape index (κ2) is 10.6. The first-order valence-corrected chi connectivity index (χ1v) is 12.0. The molecule has 0 aliphatic heterocycles. The van der Waals surface area contributed by atoms with Crippen LogP contribution in [0.2, 0.25) is 0 Å². The van der Waals surface area contributed by atoms with Gasteiger partial charge in [0.1, 0.15) is 11.5 Å². The largest absolute Gasteiger partial charge is 0.494 e. The fourth-order valence-corrected chi connectivity index (χ4v) is 3.47. The summed E-state index contributed by atoms with van der Waals surface area (Å²) in [5.74, 6) is 0.427. The molecular formula is C24H24N2O6S. The molecule has 3 rings (SSSR count). The number of hydrogen-bond acceptors (Lipinski definition) is 6. The third-order valence-electron chi connectivity index (χ3n) is 4.48. The summed E-state index contributed by atoms with van der Waals surface area (Å²) < 4.78 is 33.7. The Morgan fingerprint density at radius 1 is 0.758 bits per heavy atom. The van der Waals surface area contributed by atoms with Crippen LogP contribution in [0.25, 0.3) is 0 Å². The molecule has 0 atom stereocenters. The highest BCUT2D eigenvalue weighted by Crippen LogP contribution is 2.18. The highest BCUT2D eigenvalue weighted by atomic mass is 32.2. The molecule has 0 heterocycles. The van der Waals surface area contributed by atoms with E-state index in [0.29, 0.717) is 29.3 Å². The van der Waals surface area contributed by atoms with E-state index in [4.69, 9.17) is 9.47 Å². The van der Waals surface area contributed by atoms with Crippen molar-refractivity contribution in [2.24, 2.45) is 0 Å². The number of ether oxygens (including phenoxy) is 2. The van der Waals surface area contributed by atoms with Gasteiger partial charge in [-0.15, -0.1) is 0 Å². The smallest absolute Gasteiger partial charge is 0.262 e. The first-order chi connectivity index (χ1) is 15.7. The van der Waals surface area contributed by atoms with Crippen molar-refractivity contribution in [1.29, 1.82) is 0 Å². The molecule has 0 aliphatic rings. The van der Waals surface area contributed by atoms with Crippen molar-refractivity contribution < 1.29 is 27.5 Å². The average molecular weight is 469 g/mol. The van der Waals surface area contributed by atoms with Gasteiger partial charge in [-0.2, -0.15) is 0 Å². The Balaban J connectivity index is 1.50. The molecule has 0 bridgehead atoms. The molecule has 0 spiro atoms. The monoisotopic (exact) mass is 468 g/mol. The zero-order chi connectivity index (χ0) is 23.8. The molecule has 0 radical (unpaired) electrons. The number of carbonyl (C=O) groups is 2. The van der Waals surface area contributed by atoms with Gasteiger partial charge < -0.3 is 20.1 Å². The highest BCUT2D eigenvalue weighted by Gasteiger charge is 2.10. The first kappa shape index (κ1) is 23.8. The quantitative estimate of drug-likeness (QED) is 0.495. The van der Waals surface area contributed by atoms with Gasteiger partial charge in [-0.25, -0.2) is 8.42 Å². The Bertz CT molecular complexity index is 1210. The van der Waals surface area contributed by atoms with Crippen molar-refractivity contribution in [3.8, 4) is 11.5 Å². The highest BCUT2D eigenvalue weighted by molar-refractivity contribution is 7.90. The SMILES string of the molecule is CCOc1ccc(NC(=O)c2ccc(NC(=O)COc3ccc(S(C)(=O)=O)cc3)cc2)cc1. The third-order valence-corrected chi connectivity index (χ3v) is 5.60. The standard InChI is InChI=1S/C24H24N2O6S/c1-3-31-20-10-8-19(9-11-20)26-24(28)17-4-6-18(7-5-17)25-23(27)16-32-21-12-14-22(15-13-21)33(2,29)30/h4-15H,3,16H2,1-2H3,(H,25,27)(H,26,28). The summed E-state index contributed by atoms with van der Waals surface area (Å²) >= 11 is 0. The van der Waals surface area contributed by atoms with Gasteiger partial charge in [-0.1, -0.05) is 0 Å². The maximum absolute atomic E-state index is 12.4. The summed E-state index contributed by atoms with van der Waals surface area (Å²) in [6, 6.07) is 19.3. The van der Waals surface area contributed by atoms with Crippen LogP contribution >= 0.6 is 0 Å². The molecule has 9 heteroatoms. The minimum Gasteiger partial charge on any atom is -0.494 e. The molecule has 2 amide bonds. The van der Waals surface area contributed by atoms with Crippen molar-refractivity contribution in [1.82, 2.24) is 0 Å². The van der Waals surface area contributed by atoms with Gasteiger partial charge >= 0.3 is 0 Å². The topological polar surface area (TPSA) is 111 Å². The van der Waals surface area contributed by atoms with Gasteiger partial charge in [0.05, 0.1) is 11.5 Å². The van der Waals surface area contributed by atoms with Gasteiger partial charge in [0.25, 0.3) is 11.8 Å². The van der Waals surface area contributed by atoms with E-state index in [-0.39, 0.29) is 17.4 Å². The normalized spacial score (nSPS) is 10.8. The molecule has 0 saturated heterocycles. The maximum Gasteiger partial charge on any atom is 0.262 e. The zero-order valence-corrected chi connectivity index (χ0v) is 19.0. The van der Waals surface area contributed by atoms with E-state index in [2.05, 4.69) is 10.6 Å². The molecule has 33 heavy (non-hydrogen) atoms. The van der Waals surface area contributed by atoms with Crippen LogP contribution in [0.4, 0.5) is 11.4 Å². The summed E-state index contributed by atoms with van der Waals surface area (Å²) in [6.45, 7) is 2.22. The van der Waals surface area contributed by atoms with Crippen molar-refractivity contribution in [2.75, 3.05) is 30.1 Å². The Labute approximate surface area is 192 Å². The Morgan fingerprint density at radius 3 is 1.85 bits per heavy atom. The summed E-state index contributed by atoms with van der Waals surface area (Å²) in [5.41, 5.74) is 1.58. The molecule has 3 aromatic rings. The zero-order valence-electron chi connectivity index (χ0n) is 18.2. The third kappa shape index (κ3) is 7.08. The van der Waals surface area contributed by atoms with E-state index in [1.54, 1.807) is 48.5 Å². The predicted octanol–water partition coefficient (Wildman–Crippen LogP) is 3.76. The lowest BCUT2D eigenvalue weighted by molar-refractivity contribution is -0.118. The van der Waals surface area contributed by atoms with Crippen LogP contribution in [0.1, 0.15) is 17.3 Å². The minimum atomic E-state index is -3.29. The maximum atomic E-state index is 12.4. The van der Waals surface area contributed by atoms with E-state index in [9.17, 15) is 18.0 Å². The fourth-order valence-electron chi connectivity index (χ4n) is 2.84. The molecule has 2 N–H and O–H groups in total. The number of benzene rings is 3. The lowest BCUT2D eigenvalue weighted by atomic mass is 10.2. The summed E-state index contributed by atoms with van der Waals surface area (Å²) in [4.78, 5) is 24.7.